The molecule has 0 aliphatic rings. The fourth-order valence-electron chi connectivity index (χ4n) is 4.40. The lowest BCUT2D eigenvalue weighted by molar-refractivity contribution is -0.116. The molecule has 5 rings (SSSR count). The van der Waals surface area contributed by atoms with Crippen molar-refractivity contribution < 1.29 is 14.4 Å². The zero-order valence-corrected chi connectivity index (χ0v) is 27.5. The van der Waals surface area contributed by atoms with E-state index in [1.54, 1.807) is 66.7 Å². The Balaban J connectivity index is 1.28. The first-order valence-electron chi connectivity index (χ1n) is 14.5. The van der Waals surface area contributed by atoms with Crippen LogP contribution < -0.4 is 16.0 Å². The summed E-state index contributed by atoms with van der Waals surface area (Å²) in [4.78, 5) is 45.1. The molecule has 1 heterocycles. The SMILES string of the molecule is CCC(Sc1cccc(NC(=O)/C(=C\c2ccccc2Cl)NC(=O)c2ccccc2)c1)C(=O)Nc1nc(-c2ccc(C)cc2)cs1. The Morgan fingerprint density at radius 2 is 1.65 bits per heavy atom. The summed E-state index contributed by atoms with van der Waals surface area (Å²) in [6.45, 7) is 3.98. The van der Waals surface area contributed by atoms with Crippen LogP contribution in [0.25, 0.3) is 17.3 Å². The van der Waals surface area contributed by atoms with Crippen molar-refractivity contribution in [1.29, 1.82) is 0 Å². The predicted octanol–water partition coefficient (Wildman–Crippen LogP) is 8.69. The van der Waals surface area contributed by atoms with Crippen LogP contribution in [0.2, 0.25) is 5.02 Å². The molecule has 3 N–H and O–H groups in total. The zero-order valence-electron chi connectivity index (χ0n) is 25.1. The van der Waals surface area contributed by atoms with Gasteiger partial charge in [-0.05, 0) is 61.4 Å². The number of aromatic nitrogens is 1. The van der Waals surface area contributed by atoms with E-state index in [9.17, 15) is 14.4 Å². The number of thiazole rings is 1. The topological polar surface area (TPSA) is 100 Å². The van der Waals surface area contributed by atoms with E-state index in [1.807, 2.05) is 55.6 Å². The van der Waals surface area contributed by atoms with Gasteiger partial charge in [0.15, 0.2) is 5.13 Å². The molecule has 1 unspecified atom stereocenters. The third kappa shape index (κ3) is 8.72. The summed E-state index contributed by atoms with van der Waals surface area (Å²) in [5.74, 6) is -1.11. The molecular formula is C36H31ClN4O3S2. The molecule has 4 aromatic carbocycles. The molecule has 232 valence electrons. The minimum atomic E-state index is -0.524. The minimum Gasteiger partial charge on any atom is -0.321 e. The van der Waals surface area contributed by atoms with Crippen LogP contribution in [0, 0.1) is 6.92 Å². The van der Waals surface area contributed by atoms with E-state index in [-0.39, 0.29) is 11.6 Å². The van der Waals surface area contributed by atoms with Crippen LogP contribution >= 0.6 is 34.7 Å². The van der Waals surface area contributed by atoms with E-state index in [1.165, 1.54) is 34.7 Å². The van der Waals surface area contributed by atoms with Crippen molar-refractivity contribution in [3.8, 4) is 11.3 Å². The van der Waals surface area contributed by atoms with E-state index in [0.29, 0.717) is 33.4 Å². The van der Waals surface area contributed by atoms with E-state index >= 15 is 0 Å². The van der Waals surface area contributed by atoms with Crippen LogP contribution in [0.4, 0.5) is 10.8 Å². The number of halogens is 1. The minimum absolute atomic E-state index is 0.0271. The van der Waals surface area contributed by atoms with Crippen molar-refractivity contribution in [3.63, 3.8) is 0 Å². The number of amides is 3. The second-order valence-corrected chi connectivity index (χ2v) is 12.8. The molecule has 5 aromatic rings. The molecule has 0 bridgehead atoms. The maximum Gasteiger partial charge on any atom is 0.272 e. The van der Waals surface area contributed by atoms with Crippen molar-refractivity contribution in [2.75, 3.05) is 10.6 Å². The highest BCUT2D eigenvalue weighted by atomic mass is 35.5. The number of nitrogens with zero attached hydrogens (tertiary/aromatic N) is 1. The number of benzene rings is 4. The fraction of sp³-hybridized carbons (Fsp3) is 0.111. The summed E-state index contributed by atoms with van der Waals surface area (Å²) in [5.41, 5.74) is 4.50. The van der Waals surface area contributed by atoms with E-state index in [0.717, 1.165) is 16.2 Å². The number of rotatable bonds is 11. The number of carbonyl (C=O) groups is 3. The van der Waals surface area contributed by atoms with Gasteiger partial charge in [-0.1, -0.05) is 90.8 Å². The van der Waals surface area contributed by atoms with Gasteiger partial charge in [-0.15, -0.1) is 23.1 Å². The van der Waals surface area contributed by atoms with E-state index < -0.39 is 17.1 Å². The summed E-state index contributed by atoms with van der Waals surface area (Å²) < 4.78 is 0. The molecule has 10 heteroatoms. The third-order valence-electron chi connectivity index (χ3n) is 6.85. The van der Waals surface area contributed by atoms with Crippen LogP contribution in [0.5, 0.6) is 0 Å². The lowest BCUT2D eigenvalue weighted by atomic mass is 10.1. The molecule has 7 nitrogen and oxygen atoms in total. The molecular weight excluding hydrogens is 636 g/mol. The van der Waals surface area contributed by atoms with Gasteiger partial charge in [0, 0.05) is 32.1 Å². The van der Waals surface area contributed by atoms with Crippen molar-refractivity contribution in [3.05, 3.63) is 136 Å². The molecule has 1 aromatic heterocycles. The number of hydrogen-bond donors (Lipinski definition) is 3. The van der Waals surface area contributed by atoms with Gasteiger partial charge in [0.25, 0.3) is 11.8 Å². The Hall–Kier alpha value is -4.70. The molecule has 3 amide bonds. The fourth-order valence-corrected chi connectivity index (χ4v) is 6.32. The molecule has 0 saturated heterocycles. The average molecular weight is 667 g/mol. The lowest BCUT2D eigenvalue weighted by Crippen LogP contribution is -2.30. The molecule has 0 saturated carbocycles. The van der Waals surface area contributed by atoms with E-state index in [2.05, 4.69) is 20.9 Å². The van der Waals surface area contributed by atoms with Crippen molar-refractivity contribution in [1.82, 2.24) is 10.3 Å². The van der Waals surface area contributed by atoms with E-state index in [4.69, 9.17) is 11.6 Å². The number of nitrogens with one attached hydrogen (secondary N) is 3. The summed E-state index contributed by atoms with van der Waals surface area (Å²) in [5, 5.41) is 11.1. The Bertz CT molecular complexity index is 1870. The average Bonchev–Trinajstić information content (AvgIpc) is 3.53. The van der Waals surface area contributed by atoms with Gasteiger partial charge >= 0.3 is 0 Å². The monoisotopic (exact) mass is 666 g/mol. The van der Waals surface area contributed by atoms with Crippen molar-refractivity contribution in [2.24, 2.45) is 0 Å². The molecule has 0 radical (unpaired) electrons. The first-order chi connectivity index (χ1) is 22.3. The maximum absolute atomic E-state index is 13.5. The molecule has 0 spiro atoms. The number of carbonyl (C=O) groups excluding carboxylic acids is 3. The highest BCUT2D eigenvalue weighted by Crippen LogP contribution is 2.30. The van der Waals surface area contributed by atoms with Gasteiger partial charge in [0.2, 0.25) is 5.91 Å². The van der Waals surface area contributed by atoms with Gasteiger partial charge in [-0.25, -0.2) is 4.98 Å². The van der Waals surface area contributed by atoms with Crippen LogP contribution in [0.1, 0.15) is 34.8 Å². The molecule has 0 fully saturated rings. The smallest absolute Gasteiger partial charge is 0.272 e. The normalized spacial score (nSPS) is 11.8. The van der Waals surface area contributed by atoms with Gasteiger partial charge < -0.3 is 16.0 Å². The molecule has 0 aliphatic carbocycles. The quantitative estimate of drug-likeness (QED) is 0.0967. The summed E-state index contributed by atoms with van der Waals surface area (Å²) in [6.07, 6.45) is 2.12. The van der Waals surface area contributed by atoms with Gasteiger partial charge in [0.05, 0.1) is 10.9 Å². The highest BCUT2D eigenvalue weighted by molar-refractivity contribution is 8.00. The Labute approximate surface area is 281 Å². The van der Waals surface area contributed by atoms with Crippen LogP contribution in [0.3, 0.4) is 0 Å². The van der Waals surface area contributed by atoms with Crippen LogP contribution in [0.15, 0.2) is 119 Å². The summed E-state index contributed by atoms with van der Waals surface area (Å²) in [6, 6.07) is 31.0. The van der Waals surface area contributed by atoms with Gasteiger partial charge in [-0.3, -0.25) is 14.4 Å². The standard InChI is InChI=1S/C36H31ClN4O3S2/c1-3-32(35(44)41-36-40-31(22-45-36)24-18-16-23(2)17-19-24)46-28-14-9-13-27(21-28)38-34(43)30(20-26-12-7-8-15-29(26)37)39-33(42)25-10-5-4-6-11-25/h4-22,32H,3H2,1-2H3,(H,38,43)(H,39,42)(H,40,41,44)/b30-20+. The molecule has 1 atom stereocenters. The predicted molar refractivity (Wildman–Crippen MR) is 189 cm³/mol. The number of aryl methyl sites for hydroxylation is 1. The Morgan fingerprint density at radius 3 is 2.39 bits per heavy atom. The van der Waals surface area contributed by atoms with Gasteiger partial charge in [0.1, 0.15) is 5.70 Å². The second-order valence-electron chi connectivity index (χ2n) is 10.3. The summed E-state index contributed by atoms with van der Waals surface area (Å²) in [7, 11) is 0. The van der Waals surface area contributed by atoms with Gasteiger partial charge in [-0.2, -0.15) is 0 Å². The van der Waals surface area contributed by atoms with Crippen LogP contribution in [-0.4, -0.2) is 28.0 Å². The largest absolute Gasteiger partial charge is 0.321 e. The molecule has 0 aliphatic heterocycles. The van der Waals surface area contributed by atoms with Crippen LogP contribution in [-0.2, 0) is 9.59 Å². The van der Waals surface area contributed by atoms with Crippen molar-refractivity contribution in [2.45, 2.75) is 30.4 Å². The van der Waals surface area contributed by atoms with Crippen molar-refractivity contribution >= 4 is 69.3 Å². The number of anilines is 2. The Kier molecular flexibility index (Phi) is 11.0. The third-order valence-corrected chi connectivity index (χ3v) is 9.31. The lowest BCUT2D eigenvalue weighted by Gasteiger charge is -2.15. The molecule has 46 heavy (non-hydrogen) atoms. The first-order valence-corrected chi connectivity index (χ1v) is 16.7. The number of hydrogen-bond acceptors (Lipinski definition) is 6. The second kappa shape index (κ2) is 15.5. The maximum atomic E-state index is 13.5. The zero-order chi connectivity index (χ0) is 32.5. The first kappa shape index (κ1) is 32.7. The summed E-state index contributed by atoms with van der Waals surface area (Å²) >= 11 is 9.13. The number of thioether (sulfide) groups is 1. The Morgan fingerprint density at radius 1 is 0.913 bits per heavy atom. The highest BCUT2D eigenvalue weighted by Gasteiger charge is 2.21.